The number of aryl methyl sites for hydroxylation is 1. The van der Waals surface area contributed by atoms with E-state index in [9.17, 15) is 9.59 Å². The van der Waals surface area contributed by atoms with E-state index in [1.165, 1.54) is 5.56 Å². The smallest absolute Gasteiger partial charge is 0.251 e. The highest BCUT2D eigenvalue weighted by Gasteiger charge is 2.04. The number of nitrogens with one attached hydrogen (secondary N) is 2. The number of hydrogen-bond acceptors (Lipinski definition) is 3. The van der Waals surface area contributed by atoms with E-state index >= 15 is 0 Å². The molecule has 0 atom stereocenters. The molecule has 5 nitrogen and oxygen atoms in total. The molecular weight excluding hydrogens is 328 g/mol. The van der Waals surface area contributed by atoms with E-state index in [2.05, 4.69) is 10.6 Å². The Morgan fingerprint density at radius 3 is 2.27 bits per heavy atom. The van der Waals surface area contributed by atoms with E-state index in [0.717, 1.165) is 25.0 Å². The lowest BCUT2D eigenvalue weighted by Gasteiger charge is -2.07. The van der Waals surface area contributed by atoms with Gasteiger partial charge in [-0.3, -0.25) is 9.59 Å². The van der Waals surface area contributed by atoms with Gasteiger partial charge in [0.2, 0.25) is 5.91 Å². The first-order chi connectivity index (χ1) is 12.7. The fraction of sp³-hybridized carbons (Fsp3) is 0.333. The molecular formula is C21H26N2O3. The number of rotatable bonds is 10. The van der Waals surface area contributed by atoms with Gasteiger partial charge in [-0.1, -0.05) is 30.3 Å². The number of benzene rings is 2. The molecule has 0 aliphatic heterocycles. The highest BCUT2D eigenvalue weighted by Crippen LogP contribution is 2.13. The maximum atomic E-state index is 11.8. The maximum absolute atomic E-state index is 11.8. The van der Waals surface area contributed by atoms with Crippen LogP contribution in [0, 0.1) is 0 Å². The summed E-state index contributed by atoms with van der Waals surface area (Å²) in [5, 5.41) is 5.62. The van der Waals surface area contributed by atoms with Gasteiger partial charge in [-0.15, -0.1) is 0 Å². The van der Waals surface area contributed by atoms with Crippen LogP contribution in [0.15, 0.2) is 54.6 Å². The fourth-order valence-corrected chi connectivity index (χ4v) is 2.56. The summed E-state index contributed by atoms with van der Waals surface area (Å²) in [7, 11) is 1.65. The Hall–Kier alpha value is -2.82. The number of methoxy groups -OCH3 is 1. The summed E-state index contributed by atoms with van der Waals surface area (Å²) < 4.78 is 5.13. The maximum Gasteiger partial charge on any atom is 0.251 e. The van der Waals surface area contributed by atoms with Crippen LogP contribution < -0.4 is 15.4 Å². The van der Waals surface area contributed by atoms with Crippen LogP contribution in [-0.4, -0.2) is 32.0 Å². The number of hydrogen-bond donors (Lipinski definition) is 2. The molecule has 0 fully saturated rings. The van der Waals surface area contributed by atoms with Crippen LogP contribution in [0.3, 0.4) is 0 Å². The van der Waals surface area contributed by atoms with Gasteiger partial charge < -0.3 is 15.4 Å². The van der Waals surface area contributed by atoms with Crippen molar-refractivity contribution in [3.05, 3.63) is 65.7 Å². The van der Waals surface area contributed by atoms with Gasteiger partial charge in [0.15, 0.2) is 0 Å². The topological polar surface area (TPSA) is 67.4 Å². The van der Waals surface area contributed by atoms with Crippen LogP contribution in [0.2, 0.25) is 0 Å². The normalized spacial score (nSPS) is 10.2. The van der Waals surface area contributed by atoms with E-state index in [1.807, 2.05) is 42.5 Å². The van der Waals surface area contributed by atoms with Gasteiger partial charge >= 0.3 is 0 Å². The molecule has 0 unspecified atom stereocenters. The summed E-state index contributed by atoms with van der Waals surface area (Å²) in [6, 6.07) is 17.0. The van der Waals surface area contributed by atoms with Crippen molar-refractivity contribution in [2.75, 3.05) is 20.2 Å². The van der Waals surface area contributed by atoms with Crippen LogP contribution >= 0.6 is 0 Å². The average Bonchev–Trinajstić information content (AvgIpc) is 2.69. The quantitative estimate of drug-likeness (QED) is 0.645. The highest BCUT2D eigenvalue weighted by molar-refractivity contribution is 5.94. The molecule has 0 bridgehead atoms. The van der Waals surface area contributed by atoms with E-state index in [1.54, 1.807) is 19.2 Å². The van der Waals surface area contributed by atoms with Gasteiger partial charge in [0.25, 0.3) is 5.91 Å². The Morgan fingerprint density at radius 1 is 0.885 bits per heavy atom. The van der Waals surface area contributed by atoms with E-state index in [4.69, 9.17) is 4.74 Å². The summed E-state index contributed by atoms with van der Waals surface area (Å²) in [5.41, 5.74) is 1.87. The molecule has 2 aromatic rings. The second-order valence-corrected chi connectivity index (χ2v) is 6.03. The van der Waals surface area contributed by atoms with Crippen LogP contribution in [0.4, 0.5) is 0 Å². The van der Waals surface area contributed by atoms with Crippen molar-refractivity contribution in [3.63, 3.8) is 0 Å². The molecule has 0 radical (unpaired) electrons. The monoisotopic (exact) mass is 354 g/mol. The molecule has 0 aliphatic rings. The molecule has 26 heavy (non-hydrogen) atoms. The predicted molar refractivity (Wildman–Crippen MR) is 102 cm³/mol. The molecule has 2 amide bonds. The second-order valence-electron chi connectivity index (χ2n) is 6.03. The van der Waals surface area contributed by atoms with Crippen LogP contribution in [0.5, 0.6) is 5.75 Å². The lowest BCUT2D eigenvalue weighted by atomic mass is 10.1. The summed E-state index contributed by atoms with van der Waals surface area (Å²) in [5.74, 6) is 0.750. The van der Waals surface area contributed by atoms with E-state index in [-0.39, 0.29) is 11.8 Å². The first-order valence-corrected chi connectivity index (χ1v) is 8.92. The van der Waals surface area contributed by atoms with Gasteiger partial charge in [0, 0.05) is 25.1 Å². The first kappa shape index (κ1) is 19.5. The zero-order valence-corrected chi connectivity index (χ0v) is 15.2. The highest BCUT2D eigenvalue weighted by atomic mass is 16.5. The van der Waals surface area contributed by atoms with Crippen LogP contribution in [-0.2, 0) is 11.2 Å². The summed E-state index contributed by atoms with van der Waals surface area (Å²) in [6.07, 6.45) is 3.26. The van der Waals surface area contributed by atoms with Crippen molar-refractivity contribution >= 4 is 11.8 Å². The molecule has 5 heteroatoms. The third-order valence-corrected chi connectivity index (χ3v) is 4.05. The largest absolute Gasteiger partial charge is 0.497 e. The van der Waals surface area contributed by atoms with Gasteiger partial charge in [-0.25, -0.2) is 0 Å². The van der Waals surface area contributed by atoms with Gasteiger partial charge in [0.1, 0.15) is 5.75 Å². The Morgan fingerprint density at radius 2 is 1.58 bits per heavy atom. The summed E-state index contributed by atoms with van der Waals surface area (Å²) >= 11 is 0. The summed E-state index contributed by atoms with van der Waals surface area (Å²) in [4.78, 5) is 23.7. The average molecular weight is 354 g/mol. The number of unbranched alkanes of at least 4 members (excludes halogenated alkanes) is 1. The molecule has 0 saturated heterocycles. The van der Waals surface area contributed by atoms with Crippen molar-refractivity contribution in [3.8, 4) is 5.75 Å². The second kappa shape index (κ2) is 10.9. The van der Waals surface area contributed by atoms with Crippen molar-refractivity contribution < 1.29 is 14.3 Å². The minimum atomic E-state index is -0.126. The zero-order valence-electron chi connectivity index (χ0n) is 15.2. The third-order valence-electron chi connectivity index (χ3n) is 4.05. The Kier molecular flexibility index (Phi) is 8.19. The number of ether oxygens (including phenoxy) is 1. The molecule has 138 valence electrons. The molecule has 2 aromatic carbocycles. The Bertz CT molecular complexity index is 684. The Labute approximate surface area is 154 Å². The van der Waals surface area contributed by atoms with Crippen LogP contribution in [0.1, 0.15) is 35.2 Å². The number of carbonyl (C=O) groups is 2. The third kappa shape index (κ3) is 6.97. The lowest BCUT2D eigenvalue weighted by Crippen LogP contribution is -2.34. The van der Waals surface area contributed by atoms with E-state index in [0.29, 0.717) is 25.1 Å². The summed E-state index contributed by atoms with van der Waals surface area (Å²) in [6.45, 7) is 0.862. The molecule has 2 N–H and O–H groups in total. The van der Waals surface area contributed by atoms with Gasteiger partial charge in [0.05, 0.1) is 7.11 Å². The molecule has 0 aliphatic carbocycles. The first-order valence-electron chi connectivity index (χ1n) is 8.92. The standard InChI is InChI=1S/C21H26N2O3/c1-26-19-13-11-17(12-14-19)7-5-6-10-20(24)22-15-16-23-21(25)18-8-3-2-4-9-18/h2-4,8-9,11-14H,5-7,10,15-16H2,1H3,(H,22,24)(H,23,25). The fourth-order valence-electron chi connectivity index (χ4n) is 2.56. The minimum absolute atomic E-state index is 0.0219. The molecule has 0 heterocycles. The zero-order chi connectivity index (χ0) is 18.6. The molecule has 2 rings (SSSR count). The molecule has 0 saturated carbocycles. The van der Waals surface area contributed by atoms with Crippen molar-refractivity contribution in [2.45, 2.75) is 25.7 Å². The van der Waals surface area contributed by atoms with Crippen molar-refractivity contribution in [1.29, 1.82) is 0 Å². The predicted octanol–water partition coefficient (Wildman–Crippen LogP) is 2.95. The molecule has 0 spiro atoms. The van der Waals surface area contributed by atoms with Gasteiger partial charge in [-0.2, -0.15) is 0 Å². The Balaban J connectivity index is 1.52. The SMILES string of the molecule is COc1ccc(CCCCC(=O)NCCNC(=O)c2ccccc2)cc1. The van der Waals surface area contributed by atoms with Crippen molar-refractivity contribution in [2.24, 2.45) is 0 Å². The molecule has 0 aromatic heterocycles. The minimum Gasteiger partial charge on any atom is -0.497 e. The number of amides is 2. The lowest BCUT2D eigenvalue weighted by molar-refractivity contribution is -0.121. The van der Waals surface area contributed by atoms with Crippen LogP contribution in [0.25, 0.3) is 0 Å². The van der Waals surface area contributed by atoms with Gasteiger partial charge in [-0.05, 0) is 49.1 Å². The van der Waals surface area contributed by atoms with E-state index < -0.39 is 0 Å². The van der Waals surface area contributed by atoms with Crippen molar-refractivity contribution in [1.82, 2.24) is 10.6 Å². The number of carbonyl (C=O) groups excluding carboxylic acids is 2.